The number of aromatic nitrogens is 1. The van der Waals surface area contributed by atoms with Gasteiger partial charge >= 0.3 is 0 Å². The van der Waals surface area contributed by atoms with Crippen LogP contribution in [0.15, 0.2) is 218 Å². The molecular weight excluding hydrogens is 964 g/mol. The molecule has 80 heavy (non-hydrogen) atoms. The average molecular weight is 1030 g/mol. The Balaban J connectivity index is 0.948. The van der Waals surface area contributed by atoms with Crippen LogP contribution in [-0.2, 0) is 10.8 Å². The van der Waals surface area contributed by atoms with Crippen molar-refractivity contribution in [2.45, 2.75) is 84.0 Å². The Morgan fingerprint density at radius 1 is 0.350 bits per heavy atom. The average Bonchev–Trinajstić information content (AvgIpc) is 2.69. The SMILES string of the molecule is CC(C)c1cc(C(C)C)c(B2c3cc4c(cc3-c3cc(-n5c6ccccc6c6cc(N7c8ccccc8C8(c9ccccc9-c9ccccc98)c8ccccc87)ccc65)c5ccccc5c32)-c2ccccc2C4(C)C)c(C(C)C)c1. The second-order valence-corrected chi connectivity index (χ2v) is 24.8. The van der Waals surface area contributed by atoms with E-state index >= 15 is 0 Å². The smallest absolute Gasteiger partial charge is 0.244 e. The molecule has 1 aromatic heterocycles. The third kappa shape index (κ3) is 6.16. The van der Waals surface area contributed by atoms with Crippen LogP contribution >= 0.6 is 0 Å². The van der Waals surface area contributed by atoms with E-state index in [0.29, 0.717) is 17.8 Å². The Kier molecular flexibility index (Phi) is 10.0. The van der Waals surface area contributed by atoms with Gasteiger partial charge in [-0.1, -0.05) is 242 Å². The minimum absolute atomic E-state index is 0.0566. The van der Waals surface area contributed by atoms with E-state index in [0.717, 1.165) is 5.69 Å². The molecule has 0 saturated carbocycles. The molecule has 0 N–H and O–H groups in total. The second kappa shape index (κ2) is 16.9. The number of para-hydroxylation sites is 3. The maximum Gasteiger partial charge on any atom is 0.244 e. The molecule has 0 unspecified atom stereocenters. The Morgan fingerprint density at radius 2 is 0.863 bits per heavy atom. The van der Waals surface area contributed by atoms with Crippen molar-refractivity contribution in [3.8, 4) is 39.1 Å². The molecule has 11 aromatic carbocycles. The molecular formula is C77H63BN2. The molecule has 3 heterocycles. The van der Waals surface area contributed by atoms with Gasteiger partial charge in [-0.2, -0.15) is 0 Å². The highest BCUT2D eigenvalue weighted by atomic mass is 15.2. The highest BCUT2D eigenvalue weighted by Crippen LogP contribution is 2.63. The van der Waals surface area contributed by atoms with Crippen LogP contribution in [-0.4, -0.2) is 11.3 Å². The predicted molar refractivity (Wildman–Crippen MR) is 340 cm³/mol. The lowest BCUT2D eigenvalue weighted by Gasteiger charge is -2.45. The number of anilines is 3. The van der Waals surface area contributed by atoms with E-state index in [1.165, 1.54) is 149 Å². The molecule has 0 bridgehead atoms. The summed E-state index contributed by atoms with van der Waals surface area (Å²) in [5, 5.41) is 5.07. The fourth-order valence-corrected chi connectivity index (χ4v) is 15.8. The lowest BCUT2D eigenvalue weighted by atomic mass is 9.36. The normalized spacial score (nSPS) is 14.7. The minimum atomic E-state index is -0.465. The molecule has 16 rings (SSSR count). The number of hydrogen-bond acceptors (Lipinski definition) is 1. The number of nitrogens with zero attached hydrogens (tertiary/aromatic N) is 2. The van der Waals surface area contributed by atoms with Gasteiger partial charge < -0.3 is 9.47 Å². The molecule has 2 nitrogen and oxygen atoms in total. The van der Waals surface area contributed by atoms with Crippen molar-refractivity contribution in [3.05, 3.63) is 268 Å². The molecule has 0 atom stereocenters. The van der Waals surface area contributed by atoms with Gasteiger partial charge in [0.05, 0.1) is 33.5 Å². The summed E-state index contributed by atoms with van der Waals surface area (Å²) in [5.74, 6) is 1.13. The molecule has 0 amide bonds. The van der Waals surface area contributed by atoms with Gasteiger partial charge in [0.25, 0.3) is 0 Å². The Hall–Kier alpha value is -8.66. The highest BCUT2D eigenvalue weighted by Gasteiger charge is 2.52. The van der Waals surface area contributed by atoms with Crippen LogP contribution in [0.3, 0.4) is 0 Å². The van der Waals surface area contributed by atoms with Crippen LogP contribution in [0.4, 0.5) is 17.1 Å². The Labute approximate surface area is 471 Å². The van der Waals surface area contributed by atoms with Crippen molar-refractivity contribution in [2.75, 3.05) is 4.90 Å². The van der Waals surface area contributed by atoms with Gasteiger partial charge in [-0.15, -0.1) is 0 Å². The van der Waals surface area contributed by atoms with E-state index in [4.69, 9.17) is 0 Å². The maximum atomic E-state index is 2.65. The first-order valence-corrected chi connectivity index (χ1v) is 29.2. The first kappa shape index (κ1) is 47.4. The first-order valence-electron chi connectivity index (χ1n) is 29.2. The zero-order valence-corrected chi connectivity index (χ0v) is 47.0. The summed E-state index contributed by atoms with van der Waals surface area (Å²) < 4.78 is 2.59. The number of fused-ring (bicyclic) bond motifs is 20. The first-order chi connectivity index (χ1) is 39.0. The number of rotatable bonds is 6. The van der Waals surface area contributed by atoms with Gasteiger partial charge in [0, 0.05) is 27.3 Å². The molecule has 4 aliphatic rings. The third-order valence-corrected chi connectivity index (χ3v) is 19.4. The largest absolute Gasteiger partial charge is 0.310 e. The van der Waals surface area contributed by atoms with Crippen LogP contribution in [0, 0.1) is 0 Å². The minimum Gasteiger partial charge on any atom is -0.310 e. The van der Waals surface area contributed by atoms with Crippen LogP contribution in [0.1, 0.15) is 123 Å². The molecule has 0 saturated heterocycles. The standard InChI is InChI=1S/C77H63BN2/c1-45(2)48-39-56(46(3)4)75(57(40-48)47(5)6)78-68-44-67-58(52-25-11-15-29-62(52)76(67,7)8)42-59(68)61-43-73(53-26-9-10-28-55(53)74(61)78)80-69-34-20-14-27-54(69)60-41-49(37-38-70(60)80)79-71-35-21-18-32-65(71)77(66-33-19-22-36-72(66)79)63-30-16-12-23-50(63)51-24-13-17-31-64(51)77/h9-47H,1-8H3. The molecule has 0 radical (unpaired) electrons. The fraction of sp³-hybridized carbons (Fsp3) is 0.169. The maximum absolute atomic E-state index is 2.65. The zero-order valence-electron chi connectivity index (χ0n) is 47.0. The van der Waals surface area contributed by atoms with Crippen molar-refractivity contribution in [3.63, 3.8) is 0 Å². The van der Waals surface area contributed by atoms with Crippen molar-refractivity contribution in [1.82, 2.24) is 4.57 Å². The zero-order chi connectivity index (χ0) is 54.1. The summed E-state index contributed by atoms with van der Waals surface area (Å²) in [4.78, 5) is 2.54. The summed E-state index contributed by atoms with van der Waals surface area (Å²) in [5.41, 5.74) is 31.5. The predicted octanol–water partition coefficient (Wildman–Crippen LogP) is 18.3. The molecule has 3 heteroatoms. The quantitative estimate of drug-likeness (QED) is 0.151. The summed E-state index contributed by atoms with van der Waals surface area (Å²) in [6.45, 7) is 19.3. The monoisotopic (exact) mass is 1030 g/mol. The van der Waals surface area contributed by atoms with Crippen LogP contribution in [0.5, 0.6) is 0 Å². The Bertz CT molecular complexity index is 4510. The van der Waals surface area contributed by atoms with Gasteiger partial charge in [-0.3, -0.25) is 0 Å². The van der Waals surface area contributed by atoms with Crippen molar-refractivity contribution >= 4 is 72.7 Å². The van der Waals surface area contributed by atoms with Crippen LogP contribution < -0.4 is 21.3 Å². The topological polar surface area (TPSA) is 8.17 Å². The molecule has 1 spiro atoms. The summed E-state index contributed by atoms with van der Waals surface area (Å²) in [7, 11) is 0. The van der Waals surface area contributed by atoms with Crippen LogP contribution in [0.25, 0.3) is 71.6 Å². The second-order valence-electron chi connectivity index (χ2n) is 24.8. The van der Waals surface area contributed by atoms with Crippen LogP contribution in [0.2, 0.25) is 0 Å². The van der Waals surface area contributed by atoms with Gasteiger partial charge in [0.1, 0.15) is 0 Å². The van der Waals surface area contributed by atoms with E-state index in [9.17, 15) is 0 Å². The van der Waals surface area contributed by atoms with E-state index in [-0.39, 0.29) is 12.1 Å². The van der Waals surface area contributed by atoms with E-state index in [2.05, 4.69) is 283 Å². The van der Waals surface area contributed by atoms with Crippen molar-refractivity contribution < 1.29 is 0 Å². The lowest BCUT2D eigenvalue weighted by molar-refractivity contribution is 0.661. The van der Waals surface area contributed by atoms with Crippen molar-refractivity contribution in [1.29, 1.82) is 0 Å². The summed E-state index contributed by atoms with van der Waals surface area (Å²) in [6.07, 6.45) is 0. The summed E-state index contributed by atoms with van der Waals surface area (Å²) >= 11 is 0. The lowest BCUT2D eigenvalue weighted by Crippen LogP contribution is -2.52. The van der Waals surface area contributed by atoms with Gasteiger partial charge in [0.2, 0.25) is 6.71 Å². The summed E-state index contributed by atoms with van der Waals surface area (Å²) in [6, 6.07) is 84.4. The molecule has 12 aromatic rings. The molecule has 2 aliphatic heterocycles. The number of hydrogen-bond donors (Lipinski definition) is 0. The Morgan fingerprint density at radius 3 is 1.48 bits per heavy atom. The van der Waals surface area contributed by atoms with E-state index < -0.39 is 5.41 Å². The molecule has 384 valence electrons. The van der Waals surface area contributed by atoms with E-state index in [1.54, 1.807) is 0 Å². The van der Waals surface area contributed by atoms with Crippen molar-refractivity contribution in [2.24, 2.45) is 0 Å². The molecule has 2 aliphatic carbocycles. The van der Waals surface area contributed by atoms with Gasteiger partial charge in [-0.25, -0.2) is 0 Å². The highest BCUT2D eigenvalue weighted by molar-refractivity contribution is 7.01. The van der Waals surface area contributed by atoms with Gasteiger partial charge in [-0.05, 0) is 155 Å². The fourth-order valence-electron chi connectivity index (χ4n) is 15.8. The third-order valence-electron chi connectivity index (χ3n) is 19.4. The number of benzene rings is 11. The van der Waals surface area contributed by atoms with Gasteiger partial charge in [0.15, 0.2) is 0 Å². The van der Waals surface area contributed by atoms with E-state index in [1.807, 2.05) is 0 Å². The molecule has 0 fully saturated rings.